The first-order valence-corrected chi connectivity index (χ1v) is 11.4. The summed E-state index contributed by atoms with van der Waals surface area (Å²) in [5, 5.41) is 26.4. The Morgan fingerprint density at radius 3 is 1.82 bits per heavy atom. The number of carbonyl (C=O) groups excluding carboxylic acids is 3. The first-order chi connectivity index (χ1) is 15.7. The van der Waals surface area contributed by atoms with Gasteiger partial charge in [-0.3, -0.25) is 19.4 Å². The Balaban J connectivity index is 5.34. The molecule has 6 atom stereocenters. The van der Waals surface area contributed by atoms with Crippen LogP contribution in [0.5, 0.6) is 0 Å². The van der Waals surface area contributed by atoms with Crippen LogP contribution in [0.3, 0.4) is 0 Å². The van der Waals surface area contributed by atoms with Crippen LogP contribution in [-0.2, 0) is 19.2 Å². The Hall–Kier alpha value is -2.93. The van der Waals surface area contributed by atoms with Gasteiger partial charge >= 0.3 is 5.97 Å². The molecule has 0 aliphatic carbocycles. The minimum absolute atomic E-state index is 0.0578. The molecule has 0 aliphatic rings. The largest absolute Gasteiger partial charge is 0.480 e. The third-order valence-electron chi connectivity index (χ3n) is 5.39. The van der Waals surface area contributed by atoms with E-state index in [1.165, 1.54) is 6.92 Å². The standard InChI is InChI=1S/C21H41N7O6/c1-6-11(4)15(19(32)28-16(12(5)29)20(33)34)27-18(31)14(10(2)3)26-17(30)13(22)8-7-9-25-21(23)24/h10-16,29H,6-9,22H2,1-5H3,(H,26,30)(H,27,31)(H,28,32)(H,33,34)(H4,23,24,25). The fourth-order valence-electron chi connectivity index (χ4n) is 3.02. The van der Waals surface area contributed by atoms with Gasteiger partial charge in [0, 0.05) is 6.54 Å². The number of aliphatic hydroxyl groups is 1. The smallest absolute Gasteiger partial charge is 0.328 e. The Morgan fingerprint density at radius 1 is 0.882 bits per heavy atom. The van der Waals surface area contributed by atoms with E-state index in [-0.39, 0.29) is 17.8 Å². The third kappa shape index (κ3) is 10.8. The van der Waals surface area contributed by atoms with Crippen LogP contribution in [0.25, 0.3) is 0 Å². The third-order valence-corrected chi connectivity index (χ3v) is 5.39. The summed E-state index contributed by atoms with van der Waals surface area (Å²) in [5.74, 6) is -4.04. The molecule has 0 bridgehead atoms. The Kier molecular flexibility index (Phi) is 13.8. The summed E-state index contributed by atoms with van der Waals surface area (Å²) >= 11 is 0. The number of aliphatic carboxylic acids is 1. The molecule has 3 amide bonds. The van der Waals surface area contributed by atoms with Crippen LogP contribution in [0, 0.1) is 11.8 Å². The maximum atomic E-state index is 13.0. The van der Waals surface area contributed by atoms with Crippen molar-refractivity contribution in [2.45, 2.75) is 84.2 Å². The lowest BCUT2D eigenvalue weighted by Gasteiger charge is -2.29. The Bertz CT molecular complexity index is 724. The van der Waals surface area contributed by atoms with Gasteiger partial charge in [0.2, 0.25) is 17.7 Å². The van der Waals surface area contributed by atoms with Crippen molar-refractivity contribution in [2.24, 2.45) is 34.0 Å². The zero-order chi connectivity index (χ0) is 26.6. The van der Waals surface area contributed by atoms with E-state index < -0.39 is 54.0 Å². The molecule has 0 saturated carbocycles. The van der Waals surface area contributed by atoms with Crippen LogP contribution in [0.4, 0.5) is 0 Å². The van der Waals surface area contributed by atoms with Crippen LogP contribution < -0.4 is 33.2 Å². The summed E-state index contributed by atoms with van der Waals surface area (Å²) < 4.78 is 0. The topological polar surface area (TPSA) is 235 Å². The number of aliphatic imine (C=N–C) groups is 1. The summed E-state index contributed by atoms with van der Waals surface area (Å²) in [5.41, 5.74) is 16.4. The number of nitrogens with zero attached hydrogens (tertiary/aromatic N) is 1. The fourth-order valence-corrected chi connectivity index (χ4v) is 3.02. The molecular weight excluding hydrogens is 446 g/mol. The van der Waals surface area contributed by atoms with Crippen molar-refractivity contribution in [3.05, 3.63) is 0 Å². The first kappa shape index (κ1) is 31.1. The second-order valence-electron chi connectivity index (χ2n) is 8.72. The molecule has 0 fully saturated rings. The molecule has 0 radical (unpaired) electrons. The van der Waals surface area contributed by atoms with Gasteiger partial charge in [-0.05, 0) is 31.6 Å². The van der Waals surface area contributed by atoms with Crippen molar-refractivity contribution in [2.75, 3.05) is 6.54 Å². The molecule has 196 valence electrons. The van der Waals surface area contributed by atoms with Gasteiger partial charge in [0.05, 0.1) is 12.1 Å². The van der Waals surface area contributed by atoms with E-state index in [4.69, 9.17) is 17.2 Å². The molecule has 0 heterocycles. The molecule has 0 aromatic rings. The summed E-state index contributed by atoms with van der Waals surface area (Å²) in [6.07, 6.45) is -0.0755. The number of guanidine groups is 1. The van der Waals surface area contributed by atoms with E-state index in [1.807, 2.05) is 6.92 Å². The van der Waals surface area contributed by atoms with E-state index in [9.17, 15) is 29.4 Å². The number of carboxylic acid groups (broad SMARTS) is 1. The SMILES string of the molecule is CCC(C)C(NC(=O)C(NC(=O)C(N)CCCN=C(N)N)C(C)C)C(=O)NC(C(=O)O)C(C)O. The molecule has 0 saturated heterocycles. The van der Waals surface area contributed by atoms with Crippen molar-refractivity contribution < 1.29 is 29.4 Å². The lowest BCUT2D eigenvalue weighted by Crippen LogP contribution is -2.60. The lowest BCUT2D eigenvalue weighted by atomic mass is 9.95. The zero-order valence-corrected chi connectivity index (χ0v) is 20.6. The number of amides is 3. The number of rotatable bonds is 15. The molecule has 0 aromatic carbocycles. The quantitative estimate of drug-likeness (QED) is 0.0722. The van der Waals surface area contributed by atoms with E-state index in [2.05, 4.69) is 20.9 Å². The number of hydrogen-bond acceptors (Lipinski definition) is 7. The minimum Gasteiger partial charge on any atom is -0.480 e. The van der Waals surface area contributed by atoms with Crippen molar-refractivity contribution in [1.82, 2.24) is 16.0 Å². The molecule has 13 heteroatoms. The molecular formula is C21H41N7O6. The lowest BCUT2D eigenvalue weighted by molar-refractivity contribution is -0.145. The van der Waals surface area contributed by atoms with Crippen LogP contribution >= 0.6 is 0 Å². The second kappa shape index (κ2) is 15.1. The number of carbonyl (C=O) groups is 4. The Labute approximate surface area is 200 Å². The molecule has 6 unspecified atom stereocenters. The summed E-state index contributed by atoms with van der Waals surface area (Å²) in [7, 11) is 0. The normalized spacial score (nSPS) is 16.4. The summed E-state index contributed by atoms with van der Waals surface area (Å²) in [6.45, 7) is 8.53. The summed E-state index contributed by atoms with van der Waals surface area (Å²) in [4.78, 5) is 53.5. The molecule has 0 spiro atoms. The van der Waals surface area contributed by atoms with E-state index in [0.717, 1.165) is 0 Å². The van der Waals surface area contributed by atoms with Crippen LogP contribution in [0.2, 0.25) is 0 Å². The van der Waals surface area contributed by atoms with E-state index in [0.29, 0.717) is 25.8 Å². The van der Waals surface area contributed by atoms with Gasteiger partial charge in [-0.1, -0.05) is 34.1 Å². The second-order valence-corrected chi connectivity index (χ2v) is 8.72. The molecule has 34 heavy (non-hydrogen) atoms. The van der Waals surface area contributed by atoms with Crippen molar-refractivity contribution in [3.63, 3.8) is 0 Å². The highest BCUT2D eigenvalue weighted by molar-refractivity contribution is 5.94. The fraction of sp³-hybridized carbons (Fsp3) is 0.762. The zero-order valence-electron chi connectivity index (χ0n) is 20.6. The highest BCUT2D eigenvalue weighted by Gasteiger charge is 2.34. The van der Waals surface area contributed by atoms with Gasteiger partial charge in [-0.15, -0.1) is 0 Å². The average molecular weight is 488 g/mol. The van der Waals surface area contributed by atoms with Gasteiger partial charge in [0.1, 0.15) is 12.1 Å². The predicted octanol–water partition coefficient (Wildman–Crippen LogP) is -2.01. The average Bonchev–Trinajstić information content (AvgIpc) is 2.74. The molecule has 0 aliphatic heterocycles. The minimum atomic E-state index is -1.53. The number of aliphatic hydroxyl groups excluding tert-OH is 1. The van der Waals surface area contributed by atoms with Crippen LogP contribution in [0.15, 0.2) is 4.99 Å². The van der Waals surface area contributed by atoms with Crippen molar-refractivity contribution >= 4 is 29.7 Å². The maximum absolute atomic E-state index is 13.0. The number of nitrogens with two attached hydrogens (primary N) is 3. The number of carboxylic acids is 1. The number of hydrogen-bond donors (Lipinski definition) is 8. The van der Waals surface area contributed by atoms with Gasteiger partial charge < -0.3 is 43.4 Å². The summed E-state index contributed by atoms with van der Waals surface area (Å²) in [6, 6.07) is -4.49. The van der Waals surface area contributed by atoms with Gasteiger partial charge in [-0.25, -0.2) is 4.79 Å². The molecule has 0 aromatic heterocycles. The predicted molar refractivity (Wildman–Crippen MR) is 127 cm³/mol. The van der Waals surface area contributed by atoms with Crippen LogP contribution in [-0.4, -0.2) is 76.7 Å². The molecule has 11 N–H and O–H groups in total. The molecule has 13 nitrogen and oxygen atoms in total. The van der Waals surface area contributed by atoms with Crippen molar-refractivity contribution in [3.8, 4) is 0 Å². The van der Waals surface area contributed by atoms with E-state index in [1.54, 1.807) is 20.8 Å². The van der Waals surface area contributed by atoms with Gasteiger partial charge in [0.15, 0.2) is 12.0 Å². The molecule has 0 rings (SSSR count). The van der Waals surface area contributed by atoms with Gasteiger partial charge in [0.25, 0.3) is 0 Å². The van der Waals surface area contributed by atoms with Gasteiger partial charge in [-0.2, -0.15) is 0 Å². The van der Waals surface area contributed by atoms with Crippen molar-refractivity contribution in [1.29, 1.82) is 0 Å². The first-order valence-electron chi connectivity index (χ1n) is 11.4. The monoisotopic (exact) mass is 487 g/mol. The highest BCUT2D eigenvalue weighted by atomic mass is 16.4. The van der Waals surface area contributed by atoms with E-state index >= 15 is 0 Å². The highest BCUT2D eigenvalue weighted by Crippen LogP contribution is 2.11. The van der Waals surface area contributed by atoms with Crippen LogP contribution in [0.1, 0.15) is 53.9 Å². The number of nitrogens with one attached hydrogen (secondary N) is 3. The maximum Gasteiger partial charge on any atom is 0.328 e. The Morgan fingerprint density at radius 2 is 1.38 bits per heavy atom.